The maximum Gasteiger partial charge on any atom is 0.255 e. The van der Waals surface area contributed by atoms with Gasteiger partial charge in [-0.1, -0.05) is 6.07 Å². The number of hydrogen-bond acceptors (Lipinski definition) is 3. The maximum atomic E-state index is 12.4. The molecule has 0 saturated carbocycles. The molecule has 0 aliphatic heterocycles. The molecule has 0 saturated heterocycles. The Labute approximate surface area is 128 Å². The summed E-state index contributed by atoms with van der Waals surface area (Å²) in [4.78, 5) is 16.9. The van der Waals surface area contributed by atoms with Gasteiger partial charge in [0, 0.05) is 17.5 Å². The third-order valence-electron chi connectivity index (χ3n) is 3.71. The summed E-state index contributed by atoms with van der Waals surface area (Å²) in [6, 6.07) is 10.8. The van der Waals surface area contributed by atoms with E-state index in [4.69, 9.17) is 4.74 Å². The van der Waals surface area contributed by atoms with E-state index in [0.29, 0.717) is 17.0 Å². The van der Waals surface area contributed by atoms with Crippen LogP contribution >= 0.6 is 0 Å². The first-order valence-electron chi connectivity index (χ1n) is 7.00. The quantitative estimate of drug-likeness (QED) is 0.807. The van der Waals surface area contributed by atoms with Crippen molar-refractivity contribution in [1.82, 2.24) is 9.38 Å². The fourth-order valence-electron chi connectivity index (χ4n) is 2.36. The van der Waals surface area contributed by atoms with Crippen molar-refractivity contribution in [3.63, 3.8) is 0 Å². The molecule has 1 aromatic carbocycles. The number of nitrogens with one attached hydrogen (secondary N) is 1. The molecule has 2 aromatic heterocycles. The number of pyridine rings is 1. The molecular formula is C17H17N3O2. The van der Waals surface area contributed by atoms with Crippen LogP contribution < -0.4 is 10.1 Å². The normalized spacial score (nSPS) is 10.7. The summed E-state index contributed by atoms with van der Waals surface area (Å²) in [6.45, 7) is 3.96. The lowest BCUT2D eigenvalue weighted by molar-refractivity contribution is 0.102. The first-order chi connectivity index (χ1) is 10.6. The number of rotatable bonds is 3. The lowest BCUT2D eigenvalue weighted by Crippen LogP contribution is -2.12. The van der Waals surface area contributed by atoms with E-state index in [9.17, 15) is 4.79 Å². The summed E-state index contributed by atoms with van der Waals surface area (Å²) in [6.07, 6.45) is 1.94. The number of benzene rings is 1. The molecule has 22 heavy (non-hydrogen) atoms. The predicted molar refractivity (Wildman–Crippen MR) is 85.6 cm³/mol. The minimum atomic E-state index is -0.190. The molecule has 0 aliphatic carbocycles. The number of amides is 1. The highest BCUT2D eigenvalue weighted by atomic mass is 16.5. The van der Waals surface area contributed by atoms with Crippen molar-refractivity contribution in [2.75, 3.05) is 12.4 Å². The van der Waals surface area contributed by atoms with Crippen molar-refractivity contribution in [3.8, 4) is 5.75 Å². The van der Waals surface area contributed by atoms with E-state index in [1.54, 1.807) is 31.4 Å². The van der Waals surface area contributed by atoms with E-state index in [2.05, 4.69) is 10.3 Å². The Morgan fingerprint density at radius 3 is 2.82 bits per heavy atom. The lowest BCUT2D eigenvalue weighted by Gasteiger charge is -2.08. The van der Waals surface area contributed by atoms with E-state index in [1.807, 2.05) is 36.6 Å². The minimum Gasteiger partial charge on any atom is -0.497 e. The Morgan fingerprint density at radius 1 is 1.23 bits per heavy atom. The number of carbonyl (C=O) groups excluding carboxylic acids is 1. The van der Waals surface area contributed by atoms with Crippen LogP contribution in [0.15, 0.2) is 42.6 Å². The van der Waals surface area contributed by atoms with Gasteiger partial charge in [0.15, 0.2) is 5.65 Å². The molecule has 2 heterocycles. The standard InChI is InChI=1S/C17H17N3O2/c1-11-12(2)20-9-5-8-15(16(20)18-11)19-17(21)13-6-4-7-14(10-13)22-3/h4-10H,1-3H3,(H,19,21). The molecule has 1 amide bonds. The second kappa shape index (κ2) is 5.52. The van der Waals surface area contributed by atoms with Gasteiger partial charge in [-0.3, -0.25) is 4.79 Å². The first kappa shape index (κ1) is 14.1. The molecule has 0 aliphatic rings. The summed E-state index contributed by atoms with van der Waals surface area (Å²) in [5.74, 6) is 0.462. The van der Waals surface area contributed by atoms with Crippen molar-refractivity contribution in [1.29, 1.82) is 0 Å². The smallest absolute Gasteiger partial charge is 0.255 e. The Kier molecular flexibility index (Phi) is 3.55. The van der Waals surface area contributed by atoms with Crippen LogP contribution in [0.5, 0.6) is 5.75 Å². The molecule has 1 N–H and O–H groups in total. The highest BCUT2D eigenvalue weighted by Gasteiger charge is 2.12. The van der Waals surface area contributed by atoms with E-state index >= 15 is 0 Å². The summed E-state index contributed by atoms with van der Waals surface area (Å²) in [5, 5.41) is 2.92. The van der Waals surface area contributed by atoms with Crippen LogP contribution in [0, 0.1) is 13.8 Å². The second-order valence-electron chi connectivity index (χ2n) is 5.08. The van der Waals surface area contributed by atoms with Crippen LogP contribution in [-0.4, -0.2) is 22.4 Å². The molecule has 0 fully saturated rings. The van der Waals surface area contributed by atoms with Crippen molar-refractivity contribution < 1.29 is 9.53 Å². The van der Waals surface area contributed by atoms with Gasteiger partial charge in [-0.15, -0.1) is 0 Å². The minimum absolute atomic E-state index is 0.190. The number of nitrogens with zero attached hydrogens (tertiary/aromatic N) is 2. The predicted octanol–water partition coefficient (Wildman–Crippen LogP) is 3.21. The summed E-state index contributed by atoms with van der Waals surface area (Å²) >= 11 is 0. The fraction of sp³-hybridized carbons (Fsp3) is 0.176. The average molecular weight is 295 g/mol. The third kappa shape index (κ3) is 2.41. The van der Waals surface area contributed by atoms with E-state index in [1.165, 1.54) is 0 Å². The van der Waals surface area contributed by atoms with E-state index in [0.717, 1.165) is 17.0 Å². The molecule has 0 radical (unpaired) electrons. The van der Waals surface area contributed by atoms with Crippen LogP contribution in [-0.2, 0) is 0 Å². The zero-order valence-corrected chi connectivity index (χ0v) is 12.8. The van der Waals surface area contributed by atoms with Gasteiger partial charge < -0.3 is 14.5 Å². The molecule has 0 atom stereocenters. The number of carbonyl (C=O) groups is 1. The second-order valence-corrected chi connectivity index (χ2v) is 5.08. The molecular weight excluding hydrogens is 278 g/mol. The SMILES string of the molecule is COc1cccc(C(=O)Nc2cccn3c(C)c(C)nc23)c1. The highest BCUT2D eigenvalue weighted by molar-refractivity contribution is 6.06. The average Bonchev–Trinajstić information content (AvgIpc) is 2.84. The number of ether oxygens (including phenoxy) is 1. The number of aryl methyl sites for hydroxylation is 2. The first-order valence-corrected chi connectivity index (χ1v) is 7.00. The van der Waals surface area contributed by atoms with Crippen LogP contribution in [0.1, 0.15) is 21.7 Å². The number of methoxy groups -OCH3 is 1. The van der Waals surface area contributed by atoms with Crippen molar-refractivity contribution in [2.24, 2.45) is 0 Å². The highest BCUT2D eigenvalue weighted by Crippen LogP contribution is 2.21. The largest absolute Gasteiger partial charge is 0.497 e. The number of aromatic nitrogens is 2. The Morgan fingerprint density at radius 2 is 2.05 bits per heavy atom. The topological polar surface area (TPSA) is 55.6 Å². The van der Waals surface area contributed by atoms with Gasteiger partial charge in [0.1, 0.15) is 5.75 Å². The zero-order chi connectivity index (χ0) is 15.7. The Bertz CT molecular complexity index is 852. The fourth-order valence-corrected chi connectivity index (χ4v) is 2.36. The van der Waals surface area contributed by atoms with Crippen molar-refractivity contribution >= 4 is 17.2 Å². The van der Waals surface area contributed by atoms with Gasteiger partial charge >= 0.3 is 0 Å². The monoisotopic (exact) mass is 295 g/mol. The van der Waals surface area contributed by atoms with Crippen LogP contribution in [0.25, 0.3) is 5.65 Å². The molecule has 5 heteroatoms. The van der Waals surface area contributed by atoms with Gasteiger partial charge in [-0.05, 0) is 44.2 Å². The number of fused-ring (bicyclic) bond motifs is 1. The van der Waals surface area contributed by atoms with Crippen LogP contribution in [0.3, 0.4) is 0 Å². The van der Waals surface area contributed by atoms with Gasteiger partial charge in [0.2, 0.25) is 0 Å². The number of imidazole rings is 1. The van der Waals surface area contributed by atoms with Crippen LogP contribution in [0.4, 0.5) is 5.69 Å². The molecule has 5 nitrogen and oxygen atoms in total. The number of anilines is 1. The van der Waals surface area contributed by atoms with Crippen molar-refractivity contribution in [3.05, 3.63) is 59.5 Å². The van der Waals surface area contributed by atoms with Crippen molar-refractivity contribution in [2.45, 2.75) is 13.8 Å². The Balaban J connectivity index is 1.95. The Hall–Kier alpha value is -2.82. The van der Waals surface area contributed by atoms with Gasteiger partial charge in [-0.25, -0.2) is 4.98 Å². The molecule has 0 unspecified atom stereocenters. The number of hydrogen-bond donors (Lipinski definition) is 1. The van der Waals surface area contributed by atoms with Gasteiger partial charge in [-0.2, -0.15) is 0 Å². The van der Waals surface area contributed by atoms with Crippen LogP contribution in [0.2, 0.25) is 0 Å². The van der Waals surface area contributed by atoms with E-state index in [-0.39, 0.29) is 5.91 Å². The van der Waals surface area contributed by atoms with Gasteiger partial charge in [0.05, 0.1) is 18.5 Å². The summed E-state index contributed by atoms with van der Waals surface area (Å²) in [7, 11) is 1.58. The summed E-state index contributed by atoms with van der Waals surface area (Å²) in [5.41, 5.74) is 3.98. The zero-order valence-electron chi connectivity index (χ0n) is 12.8. The maximum absolute atomic E-state index is 12.4. The van der Waals surface area contributed by atoms with Gasteiger partial charge in [0.25, 0.3) is 5.91 Å². The lowest BCUT2D eigenvalue weighted by atomic mass is 10.2. The molecule has 3 aromatic rings. The molecule has 112 valence electrons. The molecule has 0 bridgehead atoms. The third-order valence-corrected chi connectivity index (χ3v) is 3.71. The summed E-state index contributed by atoms with van der Waals surface area (Å²) < 4.78 is 7.12. The van der Waals surface area contributed by atoms with E-state index < -0.39 is 0 Å². The molecule has 0 spiro atoms. The molecule has 3 rings (SSSR count).